The fourth-order valence-corrected chi connectivity index (χ4v) is 4.54. The van der Waals surface area contributed by atoms with Crippen LogP contribution in [0.3, 0.4) is 0 Å². The molecule has 0 spiro atoms. The minimum atomic E-state index is -0.152. The molecule has 6 nitrogen and oxygen atoms in total. The van der Waals surface area contributed by atoms with E-state index in [0.717, 1.165) is 38.2 Å². The number of para-hydroxylation sites is 2. The Bertz CT molecular complexity index is 803. The highest BCUT2D eigenvalue weighted by atomic mass is 32.1. The van der Waals surface area contributed by atoms with Crippen molar-refractivity contribution in [1.82, 2.24) is 0 Å². The number of anilines is 2. The Morgan fingerprint density at radius 1 is 1.30 bits per heavy atom. The number of rotatable bonds is 6. The number of benzene rings is 1. The second-order valence-corrected chi connectivity index (χ2v) is 8.10. The summed E-state index contributed by atoms with van der Waals surface area (Å²) in [4.78, 5) is 29.2. The first-order valence-corrected chi connectivity index (χ1v) is 10.2. The maximum atomic E-state index is 13.1. The van der Waals surface area contributed by atoms with Gasteiger partial charge in [-0.05, 0) is 36.4 Å². The van der Waals surface area contributed by atoms with Crippen LogP contribution in [0.15, 0.2) is 41.8 Å². The van der Waals surface area contributed by atoms with E-state index >= 15 is 0 Å². The molecule has 7 heteroatoms. The molecule has 3 heterocycles. The number of carbonyl (C=O) groups excluding carboxylic acids is 2. The van der Waals surface area contributed by atoms with Crippen LogP contribution in [-0.2, 0) is 20.9 Å². The fraction of sp³-hybridized carbons (Fsp3) is 0.400. The van der Waals surface area contributed by atoms with E-state index in [1.807, 2.05) is 30.3 Å². The monoisotopic (exact) mass is 386 g/mol. The van der Waals surface area contributed by atoms with Crippen molar-refractivity contribution < 1.29 is 19.2 Å². The number of amides is 2. The Morgan fingerprint density at radius 2 is 2.19 bits per heavy atom. The zero-order valence-corrected chi connectivity index (χ0v) is 16.0. The molecular formula is C20H24N3O3S+. The average Bonchev–Trinajstić information content (AvgIpc) is 3.35. The van der Waals surface area contributed by atoms with Gasteiger partial charge >= 0.3 is 0 Å². The molecule has 0 radical (unpaired) electrons. The SMILES string of the molecule is O=C1CN(C(=O)C[NH+](Cc2cccs2)C[C@H]2CCCO2)c2ccccc2N1. The first-order valence-electron chi connectivity index (χ1n) is 9.36. The molecule has 2 amide bonds. The molecule has 1 aromatic heterocycles. The number of carbonyl (C=O) groups is 2. The van der Waals surface area contributed by atoms with E-state index in [4.69, 9.17) is 4.74 Å². The van der Waals surface area contributed by atoms with Crippen LogP contribution in [0, 0.1) is 0 Å². The Kier molecular flexibility index (Phi) is 5.52. The van der Waals surface area contributed by atoms with Crippen LogP contribution in [-0.4, -0.2) is 44.2 Å². The van der Waals surface area contributed by atoms with E-state index in [2.05, 4.69) is 16.8 Å². The summed E-state index contributed by atoms with van der Waals surface area (Å²) >= 11 is 1.71. The maximum Gasteiger partial charge on any atom is 0.282 e. The summed E-state index contributed by atoms with van der Waals surface area (Å²) in [5, 5.41) is 4.90. The van der Waals surface area contributed by atoms with E-state index in [1.165, 1.54) is 9.78 Å². The molecule has 1 saturated heterocycles. The van der Waals surface area contributed by atoms with Crippen LogP contribution in [0.2, 0.25) is 0 Å². The van der Waals surface area contributed by atoms with Gasteiger partial charge in [0.2, 0.25) is 5.91 Å². The highest BCUT2D eigenvalue weighted by Gasteiger charge is 2.30. The lowest BCUT2D eigenvalue weighted by atomic mass is 10.2. The van der Waals surface area contributed by atoms with Crippen molar-refractivity contribution >= 4 is 34.5 Å². The molecule has 27 heavy (non-hydrogen) atoms. The highest BCUT2D eigenvalue weighted by molar-refractivity contribution is 7.09. The van der Waals surface area contributed by atoms with Crippen molar-refractivity contribution in [2.24, 2.45) is 0 Å². The van der Waals surface area contributed by atoms with Crippen molar-refractivity contribution in [3.8, 4) is 0 Å². The standard InChI is InChI=1S/C20H23N3O3S/c24-19-13-23(18-8-2-1-7-17(18)21-19)20(25)14-22(11-15-5-3-9-26-15)12-16-6-4-10-27-16/h1-2,4,6-8,10,15H,3,5,9,11-14H2,(H,21,24)/p+1/t15-/m1/s1. The topological polar surface area (TPSA) is 63.1 Å². The first-order chi connectivity index (χ1) is 13.2. The smallest absolute Gasteiger partial charge is 0.282 e. The van der Waals surface area contributed by atoms with Gasteiger partial charge in [-0.2, -0.15) is 0 Å². The maximum absolute atomic E-state index is 13.1. The molecule has 2 aliphatic heterocycles. The van der Waals surface area contributed by atoms with Crippen molar-refractivity contribution in [3.05, 3.63) is 46.7 Å². The van der Waals surface area contributed by atoms with Crippen LogP contribution < -0.4 is 15.1 Å². The van der Waals surface area contributed by atoms with E-state index in [-0.39, 0.29) is 24.5 Å². The number of fused-ring (bicyclic) bond motifs is 1. The minimum absolute atomic E-state index is 0.0261. The molecule has 1 unspecified atom stereocenters. The zero-order chi connectivity index (χ0) is 18.6. The van der Waals surface area contributed by atoms with Crippen molar-refractivity contribution in [2.45, 2.75) is 25.5 Å². The van der Waals surface area contributed by atoms with Gasteiger partial charge in [0.25, 0.3) is 5.91 Å². The Balaban J connectivity index is 1.49. The van der Waals surface area contributed by atoms with Gasteiger partial charge in [0.15, 0.2) is 6.54 Å². The van der Waals surface area contributed by atoms with Crippen LogP contribution in [0.5, 0.6) is 0 Å². The molecule has 2 aromatic rings. The molecule has 2 N–H and O–H groups in total. The summed E-state index contributed by atoms with van der Waals surface area (Å²) in [5.74, 6) is -0.178. The average molecular weight is 386 g/mol. The predicted octanol–water partition coefficient (Wildman–Crippen LogP) is 1.30. The fourth-order valence-electron chi connectivity index (χ4n) is 3.76. The van der Waals surface area contributed by atoms with Crippen LogP contribution in [0.25, 0.3) is 0 Å². The number of nitrogens with one attached hydrogen (secondary N) is 2. The number of nitrogens with zero attached hydrogens (tertiary/aromatic N) is 1. The lowest BCUT2D eigenvalue weighted by Crippen LogP contribution is -3.13. The quantitative estimate of drug-likeness (QED) is 0.787. The number of hydrogen-bond donors (Lipinski definition) is 2. The largest absolute Gasteiger partial charge is 0.372 e. The van der Waals surface area contributed by atoms with E-state index in [9.17, 15) is 9.59 Å². The molecule has 4 rings (SSSR count). The van der Waals surface area contributed by atoms with Crippen LogP contribution >= 0.6 is 11.3 Å². The van der Waals surface area contributed by atoms with E-state index < -0.39 is 0 Å². The minimum Gasteiger partial charge on any atom is -0.372 e. The summed E-state index contributed by atoms with van der Waals surface area (Å²) in [6.45, 7) is 2.84. The zero-order valence-electron chi connectivity index (χ0n) is 15.1. The molecule has 1 aromatic carbocycles. The molecule has 0 saturated carbocycles. The van der Waals surface area contributed by atoms with Crippen molar-refractivity contribution in [2.75, 3.05) is 36.5 Å². The number of ether oxygens (including phenoxy) is 1. The van der Waals surface area contributed by atoms with Gasteiger partial charge in [-0.1, -0.05) is 18.2 Å². The molecule has 0 aliphatic carbocycles. The summed E-state index contributed by atoms with van der Waals surface area (Å²) in [6, 6.07) is 11.6. The van der Waals surface area contributed by atoms with Gasteiger partial charge in [0.05, 0.1) is 16.3 Å². The second kappa shape index (κ2) is 8.21. The van der Waals surface area contributed by atoms with Gasteiger partial charge in [-0.15, -0.1) is 11.3 Å². The Morgan fingerprint density at radius 3 is 2.96 bits per heavy atom. The Hall–Kier alpha value is -2.22. The lowest BCUT2D eigenvalue weighted by Gasteiger charge is -2.30. The van der Waals surface area contributed by atoms with Crippen molar-refractivity contribution in [1.29, 1.82) is 0 Å². The summed E-state index contributed by atoms with van der Waals surface area (Å²) in [5.41, 5.74) is 1.47. The second-order valence-electron chi connectivity index (χ2n) is 7.07. The van der Waals surface area contributed by atoms with E-state index in [0.29, 0.717) is 12.2 Å². The molecule has 2 aliphatic rings. The molecule has 2 atom stereocenters. The normalized spacial score (nSPS) is 20.2. The van der Waals surface area contributed by atoms with Crippen LogP contribution in [0.4, 0.5) is 11.4 Å². The van der Waals surface area contributed by atoms with Gasteiger partial charge in [-0.3, -0.25) is 14.5 Å². The summed E-state index contributed by atoms with van der Waals surface area (Å²) in [7, 11) is 0. The Labute approximate surface area is 162 Å². The van der Waals surface area contributed by atoms with Gasteiger partial charge in [-0.25, -0.2) is 0 Å². The third kappa shape index (κ3) is 4.37. The van der Waals surface area contributed by atoms with Gasteiger partial charge in [0, 0.05) is 6.61 Å². The summed E-state index contributed by atoms with van der Waals surface area (Å²) in [6.07, 6.45) is 2.35. The molecule has 0 bridgehead atoms. The predicted molar refractivity (Wildman–Crippen MR) is 105 cm³/mol. The van der Waals surface area contributed by atoms with Crippen LogP contribution in [0.1, 0.15) is 17.7 Å². The number of quaternary nitrogens is 1. The summed E-state index contributed by atoms with van der Waals surface area (Å²) < 4.78 is 5.80. The molecule has 1 fully saturated rings. The number of thiophene rings is 1. The first kappa shape index (κ1) is 18.2. The third-order valence-corrected chi connectivity index (χ3v) is 5.89. The van der Waals surface area contributed by atoms with Gasteiger partial charge < -0.3 is 15.0 Å². The number of hydrogen-bond acceptors (Lipinski definition) is 4. The lowest BCUT2D eigenvalue weighted by molar-refractivity contribution is -0.908. The van der Waals surface area contributed by atoms with Crippen molar-refractivity contribution in [3.63, 3.8) is 0 Å². The molecule has 142 valence electrons. The third-order valence-electron chi connectivity index (χ3n) is 5.02. The molecular weight excluding hydrogens is 362 g/mol. The highest BCUT2D eigenvalue weighted by Crippen LogP contribution is 2.28. The van der Waals surface area contributed by atoms with Gasteiger partial charge in [0.1, 0.15) is 25.7 Å². The van der Waals surface area contributed by atoms with E-state index in [1.54, 1.807) is 16.2 Å².